The molecule has 0 bridgehead atoms. The van der Waals surface area contributed by atoms with Crippen LogP contribution in [0.3, 0.4) is 0 Å². The number of nitrogens with one attached hydrogen (secondary N) is 1. The SMILES string of the molecule is CC(=O)c1cccc(NC(=O)CN2CCN(S(=O)(=O)c3ccc(F)cc3)CC2)c1. The van der Waals surface area contributed by atoms with Gasteiger partial charge in [0.15, 0.2) is 5.78 Å². The Kier molecular flexibility index (Phi) is 6.41. The maximum absolute atomic E-state index is 13.0. The minimum atomic E-state index is -3.68. The van der Waals surface area contributed by atoms with Crippen LogP contribution in [-0.4, -0.2) is 62.0 Å². The molecule has 0 aliphatic carbocycles. The monoisotopic (exact) mass is 419 g/mol. The number of ketones is 1. The zero-order chi connectivity index (χ0) is 21.0. The predicted octanol–water partition coefficient (Wildman–Crippen LogP) is 1.97. The van der Waals surface area contributed by atoms with E-state index in [0.717, 1.165) is 12.1 Å². The van der Waals surface area contributed by atoms with Crippen LogP contribution in [0, 0.1) is 5.82 Å². The van der Waals surface area contributed by atoms with Gasteiger partial charge in [0.2, 0.25) is 15.9 Å². The molecule has 1 saturated heterocycles. The fourth-order valence-corrected chi connectivity index (χ4v) is 4.53. The molecule has 0 aromatic heterocycles. The van der Waals surface area contributed by atoms with Crippen LogP contribution in [0.15, 0.2) is 53.4 Å². The highest BCUT2D eigenvalue weighted by molar-refractivity contribution is 7.89. The van der Waals surface area contributed by atoms with Crippen LogP contribution in [0.1, 0.15) is 17.3 Å². The summed E-state index contributed by atoms with van der Waals surface area (Å²) in [5, 5.41) is 2.76. The van der Waals surface area contributed by atoms with Gasteiger partial charge in [-0.2, -0.15) is 4.31 Å². The van der Waals surface area contributed by atoms with Gasteiger partial charge in [0, 0.05) is 37.4 Å². The van der Waals surface area contributed by atoms with Crippen molar-refractivity contribution in [2.24, 2.45) is 0 Å². The molecular weight excluding hydrogens is 397 g/mol. The van der Waals surface area contributed by atoms with E-state index in [2.05, 4.69) is 5.32 Å². The molecule has 1 N–H and O–H groups in total. The third kappa shape index (κ3) is 5.26. The highest BCUT2D eigenvalue weighted by Gasteiger charge is 2.29. The van der Waals surface area contributed by atoms with Crippen molar-refractivity contribution in [1.29, 1.82) is 0 Å². The van der Waals surface area contributed by atoms with Crippen LogP contribution >= 0.6 is 0 Å². The number of amides is 1. The summed E-state index contributed by atoms with van der Waals surface area (Å²) >= 11 is 0. The molecule has 1 aliphatic rings. The van der Waals surface area contributed by atoms with Crippen molar-refractivity contribution >= 4 is 27.4 Å². The van der Waals surface area contributed by atoms with Crippen molar-refractivity contribution < 1.29 is 22.4 Å². The largest absolute Gasteiger partial charge is 0.325 e. The molecule has 7 nitrogen and oxygen atoms in total. The van der Waals surface area contributed by atoms with E-state index >= 15 is 0 Å². The standard InChI is InChI=1S/C20H22FN3O4S/c1-15(25)16-3-2-4-18(13-16)22-20(26)14-23-9-11-24(12-10-23)29(27,28)19-7-5-17(21)6-8-19/h2-8,13H,9-12,14H2,1H3,(H,22,26). The van der Waals surface area contributed by atoms with Gasteiger partial charge < -0.3 is 5.32 Å². The molecule has 2 aromatic rings. The lowest BCUT2D eigenvalue weighted by Gasteiger charge is -2.33. The maximum atomic E-state index is 13.0. The second kappa shape index (κ2) is 8.81. The molecular formula is C20H22FN3O4S. The van der Waals surface area contributed by atoms with Gasteiger partial charge in [0.1, 0.15) is 5.82 Å². The van der Waals surface area contributed by atoms with Crippen LogP contribution in [0.2, 0.25) is 0 Å². The molecule has 1 amide bonds. The third-order valence-electron chi connectivity index (χ3n) is 4.70. The van der Waals surface area contributed by atoms with E-state index in [-0.39, 0.29) is 36.2 Å². The molecule has 3 rings (SSSR count). The number of nitrogens with zero attached hydrogens (tertiary/aromatic N) is 2. The summed E-state index contributed by atoms with van der Waals surface area (Å²) in [5.74, 6) is -0.811. The van der Waals surface area contributed by atoms with Gasteiger partial charge in [-0.15, -0.1) is 0 Å². The molecule has 0 atom stereocenters. The highest BCUT2D eigenvalue weighted by Crippen LogP contribution is 2.18. The molecule has 154 valence electrons. The fourth-order valence-electron chi connectivity index (χ4n) is 3.10. The number of anilines is 1. The van der Waals surface area contributed by atoms with E-state index in [1.165, 1.54) is 23.4 Å². The third-order valence-corrected chi connectivity index (χ3v) is 6.62. The van der Waals surface area contributed by atoms with E-state index in [1.807, 2.05) is 4.90 Å². The molecule has 1 fully saturated rings. The first-order valence-corrected chi connectivity index (χ1v) is 10.6. The number of carbonyl (C=O) groups excluding carboxylic acids is 2. The lowest BCUT2D eigenvalue weighted by atomic mass is 10.1. The van der Waals surface area contributed by atoms with Crippen molar-refractivity contribution in [3.8, 4) is 0 Å². The summed E-state index contributed by atoms with van der Waals surface area (Å²) in [6.45, 7) is 2.87. The Morgan fingerprint density at radius 1 is 1.03 bits per heavy atom. The van der Waals surface area contributed by atoms with Crippen LogP contribution in [0.5, 0.6) is 0 Å². The van der Waals surface area contributed by atoms with E-state index in [9.17, 15) is 22.4 Å². The second-order valence-corrected chi connectivity index (χ2v) is 8.76. The summed E-state index contributed by atoms with van der Waals surface area (Å²) < 4.78 is 39.6. The average Bonchev–Trinajstić information content (AvgIpc) is 2.69. The van der Waals surface area contributed by atoms with E-state index < -0.39 is 15.8 Å². The van der Waals surface area contributed by atoms with Gasteiger partial charge in [-0.05, 0) is 43.3 Å². The quantitative estimate of drug-likeness (QED) is 0.724. The number of rotatable bonds is 6. The van der Waals surface area contributed by atoms with Crippen LogP contribution in [0.25, 0.3) is 0 Å². The first-order valence-electron chi connectivity index (χ1n) is 9.14. The lowest BCUT2D eigenvalue weighted by molar-refractivity contribution is -0.117. The summed E-state index contributed by atoms with van der Waals surface area (Å²) in [5.41, 5.74) is 1.06. The van der Waals surface area contributed by atoms with Gasteiger partial charge in [-0.1, -0.05) is 12.1 Å². The molecule has 9 heteroatoms. The van der Waals surface area contributed by atoms with Gasteiger partial charge >= 0.3 is 0 Å². The number of Topliss-reactive ketones (excluding diaryl/α,β-unsaturated/α-hetero) is 1. The van der Waals surface area contributed by atoms with Crippen molar-refractivity contribution in [1.82, 2.24) is 9.21 Å². The van der Waals surface area contributed by atoms with E-state index in [1.54, 1.807) is 24.3 Å². The van der Waals surface area contributed by atoms with Gasteiger partial charge in [0.25, 0.3) is 0 Å². The van der Waals surface area contributed by atoms with Crippen molar-refractivity contribution in [2.45, 2.75) is 11.8 Å². The summed E-state index contributed by atoms with van der Waals surface area (Å²) in [4.78, 5) is 25.6. The van der Waals surface area contributed by atoms with Crippen molar-refractivity contribution in [3.05, 3.63) is 59.9 Å². The second-order valence-electron chi connectivity index (χ2n) is 6.82. The van der Waals surface area contributed by atoms with Crippen LogP contribution in [-0.2, 0) is 14.8 Å². The highest BCUT2D eigenvalue weighted by atomic mass is 32.2. The average molecular weight is 419 g/mol. The van der Waals surface area contributed by atoms with E-state index in [0.29, 0.717) is 24.3 Å². The van der Waals surface area contributed by atoms with Crippen molar-refractivity contribution in [2.75, 3.05) is 38.0 Å². The van der Waals surface area contributed by atoms with Crippen LogP contribution in [0.4, 0.5) is 10.1 Å². The molecule has 0 unspecified atom stereocenters. The number of hydrogen-bond acceptors (Lipinski definition) is 5. The zero-order valence-electron chi connectivity index (χ0n) is 16.0. The molecule has 2 aromatic carbocycles. The number of hydrogen-bond donors (Lipinski definition) is 1. The minimum absolute atomic E-state index is 0.0513. The molecule has 1 aliphatic heterocycles. The fraction of sp³-hybridized carbons (Fsp3) is 0.300. The Balaban J connectivity index is 1.54. The Morgan fingerprint density at radius 3 is 2.31 bits per heavy atom. The molecule has 29 heavy (non-hydrogen) atoms. The Morgan fingerprint density at radius 2 is 1.69 bits per heavy atom. The lowest BCUT2D eigenvalue weighted by Crippen LogP contribution is -2.50. The number of carbonyl (C=O) groups is 2. The Labute approximate surface area is 169 Å². The van der Waals surface area contributed by atoms with Crippen LogP contribution < -0.4 is 5.32 Å². The number of benzene rings is 2. The van der Waals surface area contributed by atoms with Gasteiger partial charge in [-0.25, -0.2) is 12.8 Å². The molecule has 0 saturated carbocycles. The smallest absolute Gasteiger partial charge is 0.243 e. The maximum Gasteiger partial charge on any atom is 0.243 e. The molecule has 0 spiro atoms. The molecule has 0 radical (unpaired) electrons. The summed E-state index contributed by atoms with van der Waals surface area (Å²) in [6.07, 6.45) is 0. The number of sulfonamides is 1. The first-order chi connectivity index (χ1) is 13.8. The predicted molar refractivity (Wildman–Crippen MR) is 107 cm³/mol. The van der Waals surface area contributed by atoms with Gasteiger partial charge in [-0.3, -0.25) is 14.5 Å². The summed E-state index contributed by atoms with van der Waals surface area (Å²) in [6, 6.07) is 11.4. The Bertz CT molecular complexity index is 1000. The Hall–Kier alpha value is -2.62. The first kappa shape index (κ1) is 21.1. The topological polar surface area (TPSA) is 86.8 Å². The van der Waals surface area contributed by atoms with Crippen molar-refractivity contribution in [3.63, 3.8) is 0 Å². The molecule has 1 heterocycles. The zero-order valence-corrected chi connectivity index (χ0v) is 16.8. The number of piperazine rings is 1. The minimum Gasteiger partial charge on any atom is -0.325 e. The number of halogens is 1. The summed E-state index contributed by atoms with van der Waals surface area (Å²) in [7, 11) is -3.68. The van der Waals surface area contributed by atoms with E-state index in [4.69, 9.17) is 0 Å². The normalized spacial score (nSPS) is 15.8. The van der Waals surface area contributed by atoms with Gasteiger partial charge in [0.05, 0.1) is 11.4 Å².